The molecule has 0 fully saturated rings. The molecule has 0 saturated heterocycles. The van der Waals surface area contributed by atoms with Crippen LogP contribution in [0, 0.1) is 5.82 Å². The second-order valence-corrected chi connectivity index (χ2v) is 5.03. The lowest BCUT2D eigenvalue weighted by molar-refractivity contribution is 0.0908. The Morgan fingerprint density at radius 3 is 2.80 bits per heavy atom. The fourth-order valence-corrected chi connectivity index (χ4v) is 1.83. The number of ether oxygens (including phenoxy) is 1. The average molecular weight is 277 g/mol. The molecule has 1 aromatic heterocycles. The van der Waals surface area contributed by atoms with E-state index in [1.165, 1.54) is 6.07 Å². The minimum atomic E-state index is -0.238. The second kappa shape index (κ2) is 7.22. The standard InChI is InChI=1S/C16H20FNO2/c1-12(2)18-9-13-5-6-16(17)14(8-13)10-19-11-15-4-3-7-20-15/h3-8,12,18H,9-11H2,1-2H3. The lowest BCUT2D eigenvalue weighted by atomic mass is 10.1. The highest BCUT2D eigenvalue weighted by molar-refractivity contribution is 5.24. The molecule has 2 aromatic rings. The number of nitrogens with one attached hydrogen (secondary N) is 1. The average Bonchev–Trinajstić information content (AvgIpc) is 2.92. The first-order chi connectivity index (χ1) is 9.65. The van der Waals surface area contributed by atoms with Gasteiger partial charge >= 0.3 is 0 Å². The highest BCUT2D eigenvalue weighted by Gasteiger charge is 2.05. The van der Waals surface area contributed by atoms with Crippen molar-refractivity contribution >= 4 is 0 Å². The van der Waals surface area contributed by atoms with Gasteiger partial charge in [0.2, 0.25) is 0 Å². The van der Waals surface area contributed by atoms with Crippen LogP contribution < -0.4 is 5.32 Å². The molecule has 0 unspecified atom stereocenters. The van der Waals surface area contributed by atoms with Crippen molar-refractivity contribution in [1.29, 1.82) is 0 Å². The lowest BCUT2D eigenvalue weighted by Crippen LogP contribution is -2.21. The highest BCUT2D eigenvalue weighted by Crippen LogP contribution is 2.13. The van der Waals surface area contributed by atoms with Crippen molar-refractivity contribution in [3.8, 4) is 0 Å². The molecule has 2 rings (SSSR count). The molecule has 4 heteroatoms. The number of hydrogen-bond donors (Lipinski definition) is 1. The fourth-order valence-electron chi connectivity index (χ4n) is 1.83. The van der Waals surface area contributed by atoms with Crippen LogP contribution in [0.2, 0.25) is 0 Å². The highest BCUT2D eigenvalue weighted by atomic mass is 19.1. The summed E-state index contributed by atoms with van der Waals surface area (Å²) in [7, 11) is 0. The number of rotatable bonds is 7. The molecule has 0 aliphatic heterocycles. The Hall–Kier alpha value is -1.65. The molecular formula is C16H20FNO2. The summed E-state index contributed by atoms with van der Waals surface area (Å²) in [5.74, 6) is 0.501. The smallest absolute Gasteiger partial charge is 0.129 e. The Bertz CT molecular complexity index is 523. The van der Waals surface area contributed by atoms with E-state index in [0.29, 0.717) is 18.2 Å². The molecule has 1 N–H and O–H groups in total. The van der Waals surface area contributed by atoms with Crippen molar-refractivity contribution in [2.75, 3.05) is 0 Å². The summed E-state index contributed by atoms with van der Waals surface area (Å²) in [5, 5.41) is 3.31. The first kappa shape index (κ1) is 14.8. The van der Waals surface area contributed by atoms with Crippen molar-refractivity contribution in [1.82, 2.24) is 5.32 Å². The van der Waals surface area contributed by atoms with Gasteiger partial charge in [0.25, 0.3) is 0 Å². The van der Waals surface area contributed by atoms with Crippen molar-refractivity contribution in [3.63, 3.8) is 0 Å². The molecule has 0 bridgehead atoms. The summed E-state index contributed by atoms with van der Waals surface area (Å²) in [5.41, 5.74) is 1.62. The summed E-state index contributed by atoms with van der Waals surface area (Å²) in [6, 6.07) is 9.16. The van der Waals surface area contributed by atoms with E-state index in [1.807, 2.05) is 12.1 Å². The van der Waals surface area contributed by atoms with Crippen LogP contribution in [-0.4, -0.2) is 6.04 Å². The van der Waals surface area contributed by atoms with Gasteiger partial charge in [-0.15, -0.1) is 0 Å². The van der Waals surface area contributed by atoms with Gasteiger partial charge in [-0.3, -0.25) is 0 Å². The van der Waals surface area contributed by atoms with Crippen molar-refractivity contribution in [2.45, 2.75) is 39.6 Å². The molecule has 0 saturated carbocycles. The molecule has 108 valence electrons. The molecule has 0 atom stereocenters. The van der Waals surface area contributed by atoms with Gasteiger partial charge < -0.3 is 14.5 Å². The monoisotopic (exact) mass is 277 g/mol. The Labute approximate surface area is 118 Å². The minimum Gasteiger partial charge on any atom is -0.467 e. The topological polar surface area (TPSA) is 34.4 Å². The van der Waals surface area contributed by atoms with Gasteiger partial charge in [-0.1, -0.05) is 19.9 Å². The number of benzene rings is 1. The number of hydrogen-bond acceptors (Lipinski definition) is 3. The molecule has 0 spiro atoms. The Balaban J connectivity index is 1.90. The zero-order chi connectivity index (χ0) is 14.4. The van der Waals surface area contributed by atoms with E-state index in [4.69, 9.17) is 9.15 Å². The van der Waals surface area contributed by atoms with E-state index in [9.17, 15) is 4.39 Å². The van der Waals surface area contributed by atoms with E-state index in [1.54, 1.807) is 18.4 Å². The van der Waals surface area contributed by atoms with Gasteiger partial charge in [-0.05, 0) is 29.8 Å². The third kappa shape index (κ3) is 4.47. The predicted molar refractivity (Wildman–Crippen MR) is 75.6 cm³/mol. The van der Waals surface area contributed by atoms with Crippen LogP contribution >= 0.6 is 0 Å². The normalized spacial score (nSPS) is 11.2. The zero-order valence-corrected chi connectivity index (χ0v) is 11.9. The van der Waals surface area contributed by atoms with Gasteiger partial charge in [-0.2, -0.15) is 0 Å². The van der Waals surface area contributed by atoms with Crippen LogP contribution in [0.15, 0.2) is 41.0 Å². The van der Waals surface area contributed by atoms with E-state index < -0.39 is 0 Å². The van der Waals surface area contributed by atoms with Crippen LogP contribution in [0.5, 0.6) is 0 Å². The quantitative estimate of drug-likeness (QED) is 0.839. The summed E-state index contributed by atoms with van der Waals surface area (Å²) in [6.07, 6.45) is 1.59. The molecule has 1 heterocycles. The van der Waals surface area contributed by atoms with Gasteiger partial charge in [0.15, 0.2) is 0 Å². The summed E-state index contributed by atoms with van der Waals surface area (Å²) in [6.45, 7) is 5.47. The molecule has 20 heavy (non-hydrogen) atoms. The SMILES string of the molecule is CC(C)NCc1ccc(F)c(COCc2ccco2)c1. The van der Waals surface area contributed by atoms with Crippen LogP contribution in [0.25, 0.3) is 0 Å². The maximum Gasteiger partial charge on any atom is 0.129 e. The Morgan fingerprint density at radius 2 is 2.10 bits per heavy atom. The summed E-state index contributed by atoms with van der Waals surface area (Å²) < 4.78 is 24.3. The molecule has 0 amide bonds. The minimum absolute atomic E-state index is 0.238. The largest absolute Gasteiger partial charge is 0.467 e. The van der Waals surface area contributed by atoms with Crippen molar-refractivity contribution in [3.05, 3.63) is 59.3 Å². The Kier molecular flexibility index (Phi) is 5.32. The van der Waals surface area contributed by atoms with E-state index in [2.05, 4.69) is 19.2 Å². The first-order valence-corrected chi connectivity index (χ1v) is 6.76. The first-order valence-electron chi connectivity index (χ1n) is 6.76. The molecule has 0 radical (unpaired) electrons. The molecule has 3 nitrogen and oxygen atoms in total. The van der Waals surface area contributed by atoms with Crippen molar-refractivity contribution < 1.29 is 13.5 Å². The maximum atomic E-state index is 13.7. The van der Waals surface area contributed by atoms with E-state index in [0.717, 1.165) is 17.9 Å². The van der Waals surface area contributed by atoms with Gasteiger partial charge in [0.05, 0.1) is 12.9 Å². The molecule has 0 aliphatic carbocycles. The van der Waals surface area contributed by atoms with E-state index >= 15 is 0 Å². The lowest BCUT2D eigenvalue weighted by Gasteiger charge is -2.10. The van der Waals surface area contributed by atoms with Crippen molar-refractivity contribution in [2.24, 2.45) is 0 Å². The maximum absolute atomic E-state index is 13.7. The summed E-state index contributed by atoms with van der Waals surface area (Å²) >= 11 is 0. The third-order valence-electron chi connectivity index (χ3n) is 2.91. The van der Waals surface area contributed by atoms with Crippen LogP contribution in [-0.2, 0) is 24.5 Å². The molecule has 0 aliphatic rings. The summed E-state index contributed by atoms with van der Waals surface area (Å²) in [4.78, 5) is 0. The van der Waals surface area contributed by atoms with Crippen LogP contribution in [0.4, 0.5) is 4.39 Å². The number of halogens is 1. The van der Waals surface area contributed by atoms with Gasteiger partial charge in [0, 0.05) is 18.2 Å². The third-order valence-corrected chi connectivity index (χ3v) is 2.91. The van der Waals surface area contributed by atoms with Gasteiger partial charge in [-0.25, -0.2) is 4.39 Å². The molecular weight excluding hydrogens is 257 g/mol. The van der Waals surface area contributed by atoms with Gasteiger partial charge in [0.1, 0.15) is 18.2 Å². The van der Waals surface area contributed by atoms with Crippen LogP contribution in [0.1, 0.15) is 30.7 Å². The second-order valence-electron chi connectivity index (χ2n) is 5.03. The zero-order valence-electron chi connectivity index (χ0n) is 11.9. The number of furan rings is 1. The van der Waals surface area contributed by atoms with E-state index in [-0.39, 0.29) is 12.4 Å². The molecule has 1 aromatic carbocycles. The fraction of sp³-hybridized carbons (Fsp3) is 0.375. The van der Waals surface area contributed by atoms with Crippen LogP contribution in [0.3, 0.4) is 0 Å². The Morgan fingerprint density at radius 1 is 1.25 bits per heavy atom. The predicted octanol–water partition coefficient (Wildman–Crippen LogP) is 3.63.